The number of para-hydroxylation sites is 1. The molecule has 2 nitrogen and oxygen atoms in total. The number of anilines is 1. The Kier molecular flexibility index (Phi) is 2.65. The topological polar surface area (TPSA) is 32.3 Å². The lowest BCUT2D eigenvalue weighted by atomic mass is 9.89. The molecule has 15 heavy (non-hydrogen) atoms. The third-order valence-corrected chi connectivity index (χ3v) is 3.02. The van der Waals surface area contributed by atoms with Crippen molar-refractivity contribution >= 4 is 5.69 Å². The van der Waals surface area contributed by atoms with Crippen molar-refractivity contribution < 1.29 is 9.50 Å². The van der Waals surface area contributed by atoms with E-state index < -0.39 is 6.10 Å². The zero-order chi connectivity index (χ0) is 11.0. The number of hydrogen-bond donors (Lipinski definition) is 2. The van der Waals surface area contributed by atoms with Gasteiger partial charge < -0.3 is 10.4 Å². The minimum atomic E-state index is -0.552. The van der Waals surface area contributed by atoms with Gasteiger partial charge in [-0.05, 0) is 18.4 Å². The Labute approximate surface area is 89.1 Å². The summed E-state index contributed by atoms with van der Waals surface area (Å²) in [7, 11) is 0. The summed E-state index contributed by atoms with van der Waals surface area (Å²) in [4.78, 5) is 0. The van der Waals surface area contributed by atoms with Crippen molar-refractivity contribution in [3.8, 4) is 0 Å². The molecule has 1 aliphatic heterocycles. The number of nitrogens with one attached hydrogen (secondary N) is 1. The summed E-state index contributed by atoms with van der Waals surface area (Å²) in [5.74, 6) is 0.101. The van der Waals surface area contributed by atoms with Gasteiger partial charge in [-0.3, -0.25) is 0 Å². The lowest BCUT2D eigenvalue weighted by Gasteiger charge is -2.33. The summed E-state index contributed by atoms with van der Waals surface area (Å²) in [6.45, 7) is 4.13. The van der Waals surface area contributed by atoms with Crippen molar-refractivity contribution in [3.63, 3.8) is 0 Å². The Balaban J connectivity index is 2.37. The van der Waals surface area contributed by atoms with Gasteiger partial charge in [-0.25, -0.2) is 4.39 Å². The molecule has 1 aliphatic rings. The Morgan fingerprint density at radius 2 is 2.20 bits per heavy atom. The van der Waals surface area contributed by atoms with Crippen LogP contribution in [0.15, 0.2) is 18.2 Å². The number of benzene rings is 1. The number of aliphatic hydroxyl groups is 1. The van der Waals surface area contributed by atoms with Crippen LogP contribution in [0, 0.1) is 11.7 Å². The molecule has 2 N–H and O–H groups in total. The zero-order valence-electron chi connectivity index (χ0n) is 9.00. The molecule has 0 aliphatic carbocycles. The summed E-state index contributed by atoms with van der Waals surface area (Å²) in [5, 5.41) is 13.1. The smallest absolute Gasteiger partial charge is 0.146 e. The summed E-state index contributed by atoms with van der Waals surface area (Å²) < 4.78 is 13.5. The van der Waals surface area contributed by atoms with Crippen LogP contribution in [0.4, 0.5) is 10.1 Å². The molecule has 0 bridgehead atoms. The quantitative estimate of drug-likeness (QED) is 0.745. The Bertz CT molecular complexity index is 365. The van der Waals surface area contributed by atoms with Crippen LogP contribution >= 0.6 is 0 Å². The molecule has 0 aromatic heterocycles. The molecule has 0 saturated heterocycles. The summed E-state index contributed by atoms with van der Waals surface area (Å²) >= 11 is 0. The van der Waals surface area contributed by atoms with E-state index in [0.29, 0.717) is 23.6 Å². The lowest BCUT2D eigenvalue weighted by molar-refractivity contribution is 0.147. The predicted octanol–water partition coefficient (Wildman–Crippen LogP) is 2.70. The molecule has 0 radical (unpaired) electrons. The molecular weight excluding hydrogens is 193 g/mol. The maximum absolute atomic E-state index is 13.5. The molecule has 0 spiro atoms. The van der Waals surface area contributed by atoms with E-state index in [0.717, 1.165) is 0 Å². The summed E-state index contributed by atoms with van der Waals surface area (Å²) in [6.07, 6.45) is 0.0954. The Morgan fingerprint density at radius 3 is 2.87 bits per heavy atom. The molecule has 82 valence electrons. The highest BCUT2D eigenvalue weighted by atomic mass is 19.1. The van der Waals surface area contributed by atoms with Crippen LogP contribution in [-0.2, 0) is 0 Å². The minimum absolute atomic E-state index is 0.143. The monoisotopic (exact) mass is 209 g/mol. The normalized spacial score (nSPS) is 24.9. The zero-order valence-corrected chi connectivity index (χ0v) is 9.00. The number of aliphatic hydroxyl groups excluding tert-OH is 1. The predicted molar refractivity (Wildman–Crippen MR) is 58.2 cm³/mol. The van der Waals surface area contributed by atoms with Gasteiger partial charge in [-0.2, -0.15) is 0 Å². The van der Waals surface area contributed by atoms with E-state index in [2.05, 4.69) is 19.2 Å². The maximum atomic E-state index is 13.5. The van der Waals surface area contributed by atoms with Crippen LogP contribution in [0.25, 0.3) is 0 Å². The fourth-order valence-corrected chi connectivity index (χ4v) is 2.02. The van der Waals surface area contributed by atoms with Crippen molar-refractivity contribution in [3.05, 3.63) is 29.6 Å². The molecule has 2 unspecified atom stereocenters. The average Bonchev–Trinajstić information content (AvgIpc) is 2.19. The fourth-order valence-electron chi connectivity index (χ4n) is 2.02. The summed E-state index contributed by atoms with van der Waals surface area (Å²) in [6, 6.07) is 4.97. The van der Waals surface area contributed by atoms with Gasteiger partial charge in [0, 0.05) is 11.6 Å². The van der Waals surface area contributed by atoms with Crippen LogP contribution in [0.1, 0.15) is 31.9 Å². The number of fused-ring (bicyclic) bond motifs is 1. The molecule has 0 fully saturated rings. The van der Waals surface area contributed by atoms with Crippen molar-refractivity contribution in [1.29, 1.82) is 0 Å². The second-order valence-electron chi connectivity index (χ2n) is 4.45. The highest BCUT2D eigenvalue weighted by Gasteiger charge is 2.28. The molecular formula is C12H16FNO. The number of halogens is 1. The summed E-state index contributed by atoms with van der Waals surface area (Å²) in [5.41, 5.74) is 1.14. The molecule has 1 aromatic carbocycles. The first kappa shape index (κ1) is 10.4. The van der Waals surface area contributed by atoms with E-state index in [-0.39, 0.29) is 11.9 Å². The number of rotatable bonds is 1. The average molecular weight is 209 g/mol. The van der Waals surface area contributed by atoms with Gasteiger partial charge in [-0.1, -0.05) is 26.0 Å². The maximum Gasteiger partial charge on any atom is 0.146 e. The number of hydrogen-bond acceptors (Lipinski definition) is 2. The minimum Gasteiger partial charge on any atom is -0.388 e. The first-order valence-corrected chi connectivity index (χ1v) is 5.32. The largest absolute Gasteiger partial charge is 0.388 e. The standard InChI is InChI=1S/C12H16FNO/c1-7(2)10-6-11(15)8-4-3-5-9(13)12(8)14-10/h3-5,7,10-11,14-15H,6H2,1-2H3. The van der Waals surface area contributed by atoms with Gasteiger partial charge in [-0.15, -0.1) is 0 Å². The highest BCUT2D eigenvalue weighted by Crippen LogP contribution is 2.35. The van der Waals surface area contributed by atoms with Crippen LogP contribution in [-0.4, -0.2) is 11.1 Å². The van der Waals surface area contributed by atoms with Gasteiger partial charge in [0.15, 0.2) is 0 Å². The van der Waals surface area contributed by atoms with Gasteiger partial charge >= 0.3 is 0 Å². The molecule has 3 heteroatoms. The molecule has 0 saturated carbocycles. The van der Waals surface area contributed by atoms with Crippen molar-refractivity contribution in [2.75, 3.05) is 5.32 Å². The van der Waals surface area contributed by atoms with Crippen LogP contribution < -0.4 is 5.32 Å². The van der Waals surface area contributed by atoms with Crippen LogP contribution in [0.5, 0.6) is 0 Å². The third-order valence-electron chi connectivity index (χ3n) is 3.02. The highest BCUT2D eigenvalue weighted by molar-refractivity contribution is 5.56. The Hall–Kier alpha value is -1.09. The second kappa shape index (κ2) is 3.81. The van der Waals surface area contributed by atoms with E-state index in [1.165, 1.54) is 6.07 Å². The van der Waals surface area contributed by atoms with Gasteiger partial charge in [0.05, 0.1) is 11.8 Å². The van der Waals surface area contributed by atoms with E-state index in [4.69, 9.17) is 0 Å². The van der Waals surface area contributed by atoms with Gasteiger partial charge in [0.1, 0.15) is 5.82 Å². The van der Waals surface area contributed by atoms with Gasteiger partial charge in [0.25, 0.3) is 0 Å². The first-order valence-electron chi connectivity index (χ1n) is 5.32. The van der Waals surface area contributed by atoms with Crippen molar-refractivity contribution in [2.45, 2.75) is 32.4 Å². The first-order chi connectivity index (χ1) is 7.09. The van der Waals surface area contributed by atoms with Gasteiger partial charge in [0.2, 0.25) is 0 Å². The molecule has 1 aromatic rings. The molecule has 2 atom stereocenters. The van der Waals surface area contributed by atoms with Crippen LogP contribution in [0.2, 0.25) is 0 Å². The van der Waals surface area contributed by atoms with E-state index >= 15 is 0 Å². The molecule has 2 rings (SSSR count). The molecule has 0 amide bonds. The SMILES string of the molecule is CC(C)C1CC(O)c2cccc(F)c2N1. The lowest BCUT2D eigenvalue weighted by Crippen LogP contribution is -2.33. The fraction of sp³-hybridized carbons (Fsp3) is 0.500. The third kappa shape index (κ3) is 1.84. The van der Waals surface area contributed by atoms with E-state index in [1.807, 2.05) is 0 Å². The Morgan fingerprint density at radius 1 is 1.47 bits per heavy atom. The second-order valence-corrected chi connectivity index (χ2v) is 4.45. The van der Waals surface area contributed by atoms with E-state index in [9.17, 15) is 9.50 Å². The van der Waals surface area contributed by atoms with Crippen molar-refractivity contribution in [1.82, 2.24) is 0 Å². The van der Waals surface area contributed by atoms with Crippen molar-refractivity contribution in [2.24, 2.45) is 5.92 Å². The van der Waals surface area contributed by atoms with E-state index in [1.54, 1.807) is 12.1 Å². The van der Waals surface area contributed by atoms with Crippen LogP contribution in [0.3, 0.4) is 0 Å². The molecule has 1 heterocycles.